The van der Waals surface area contributed by atoms with Gasteiger partial charge in [0.1, 0.15) is 0 Å². The Morgan fingerprint density at radius 3 is 2.65 bits per heavy atom. The molecule has 0 atom stereocenters. The molecule has 17 heavy (non-hydrogen) atoms. The van der Waals surface area contributed by atoms with Gasteiger partial charge in [0.15, 0.2) is 0 Å². The smallest absolute Gasteiger partial charge is 0.255 e. The zero-order chi connectivity index (χ0) is 12.8. The molecular formula is C12H20N4O. The molecule has 0 aromatic carbocycles. The summed E-state index contributed by atoms with van der Waals surface area (Å²) in [6.45, 7) is 5.94. The Morgan fingerprint density at radius 1 is 1.47 bits per heavy atom. The lowest BCUT2D eigenvalue weighted by Gasteiger charge is -2.16. The molecule has 1 aromatic rings. The highest BCUT2D eigenvalue weighted by Crippen LogP contribution is 2.14. The lowest BCUT2D eigenvalue weighted by atomic mass is 10.1. The van der Waals surface area contributed by atoms with Gasteiger partial charge in [-0.3, -0.25) is 15.6 Å². The summed E-state index contributed by atoms with van der Waals surface area (Å²) in [5, 5.41) is 2.95. The second-order valence-corrected chi connectivity index (χ2v) is 4.00. The molecule has 0 radical (unpaired) electrons. The van der Waals surface area contributed by atoms with E-state index in [9.17, 15) is 4.79 Å². The minimum atomic E-state index is -0.140. The molecule has 0 saturated heterocycles. The first-order chi connectivity index (χ1) is 8.12. The molecular weight excluding hydrogens is 216 g/mol. The van der Waals surface area contributed by atoms with Crippen molar-refractivity contribution in [2.24, 2.45) is 5.84 Å². The molecule has 1 rings (SSSR count). The Bertz CT molecular complexity index is 388. The maximum absolute atomic E-state index is 12.0. The second-order valence-electron chi connectivity index (χ2n) is 4.00. The van der Waals surface area contributed by atoms with E-state index in [1.165, 1.54) is 0 Å². The lowest BCUT2D eigenvalue weighted by Crippen LogP contribution is -2.34. The van der Waals surface area contributed by atoms with Gasteiger partial charge in [-0.25, -0.2) is 0 Å². The predicted octanol–water partition coefficient (Wildman–Crippen LogP) is 1.59. The molecule has 0 aliphatic heterocycles. The maximum atomic E-state index is 12.0. The van der Waals surface area contributed by atoms with E-state index in [2.05, 4.69) is 15.7 Å². The monoisotopic (exact) mass is 236 g/mol. The van der Waals surface area contributed by atoms with Crippen LogP contribution in [0.3, 0.4) is 0 Å². The summed E-state index contributed by atoms with van der Waals surface area (Å²) < 4.78 is 0. The first kappa shape index (κ1) is 13.4. The number of nitrogens with zero attached hydrogens (tertiary/aromatic N) is 1. The van der Waals surface area contributed by atoms with E-state index >= 15 is 0 Å². The Kier molecular flexibility index (Phi) is 4.90. The molecule has 4 N–H and O–H groups in total. The molecule has 0 fully saturated rings. The average molecular weight is 236 g/mol. The van der Waals surface area contributed by atoms with E-state index in [4.69, 9.17) is 5.84 Å². The number of pyridine rings is 1. The normalized spacial score (nSPS) is 10.4. The van der Waals surface area contributed by atoms with Crippen molar-refractivity contribution in [1.82, 2.24) is 10.3 Å². The number of hydrazine groups is 1. The highest BCUT2D eigenvalue weighted by Gasteiger charge is 2.14. The molecule has 0 aliphatic carbocycles. The standard InChI is InChI=1S/C12H20N4O/c1-4-9(5-2)15-12(17)10-7-14-8(3)6-11(10)16-13/h6-7,9H,4-5,13H2,1-3H3,(H,14,16)(H,15,17). The third kappa shape index (κ3) is 3.42. The van der Waals surface area contributed by atoms with Crippen LogP contribution in [0.4, 0.5) is 5.69 Å². The number of aromatic nitrogens is 1. The quantitative estimate of drug-likeness (QED) is 0.536. The van der Waals surface area contributed by atoms with Crippen LogP contribution < -0.4 is 16.6 Å². The van der Waals surface area contributed by atoms with Crippen molar-refractivity contribution in [3.8, 4) is 0 Å². The minimum Gasteiger partial charge on any atom is -0.349 e. The van der Waals surface area contributed by atoms with Gasteiger partial charge in [-0.15, -0.1) is 0 Å². The molecule has 0 saturated carbocycles. The minimum absolute atomic E-state index is 0.140. The summed E-state index contributed by atoms with van der Waals surface area (Å²) in [4.78, 5) is 16.1. The van der Waals surface area contributed by atoms with Gasteiger partial charge in [-0.05, 0) is 25.8 Å². The third-order valence-corrected chi connectivity index (χ3v) is 2.76. The Balaban J connectivity index is 2.88. The third-order valence-electron chi connectivity index (χ3n) is 2.76. The molecule has 1 heterocycles. The number of rotatable bonds is 5. The molecule has 5 nitrogen and oxygen atoms in total. The zero-order valence-corrected chi connectivity index (χ0v) is 10.6. The molecule has 94 valence electrons. The Morgan fingerprint density at radius 2 is 2.12 bits per heavy atom. The molecule has 5 heteroatoms. The number of nitrogen functional groups attached to an aromatic ring is 1. The van der Waals surface area contributed by atoms with E-state index < -0.39 is 0 Å². The predicted molar refractivity (Wildman–Crippen MR) is 68.6 cm³/mol. The van der Waals surface area contributed by atoms with Crippen LogP contribution in [0.15, 0.2) is 12.3 Å². The summed E-state index contributed by atoms with van der Waals surface area (Å²) in [6.07, 6.45) is 3.36. The SMILES string of the molecule is CCC(CC)NC(=O)c1cnc(C)cc1NN. The van der Waals surface area contributed by atoms with Gasteiger partial charge in [0.25, 0.3) is 5.91 Å². The van der Waals surface area contributed by atoms with Crippen molar-refractivity contribution in [3.63, 3.8) is 0 Å². The van der Waals surface area contributed by atoms with Crippen LogP contribution in [0.25, 0.3) is 0 Å². The van der Waals surface area contributed by atoms with Crippen LogP contribution in [0.1, 0.15) is 42.7 Å². The van der Waals surface area contributed by atoms with Gasteiger partial charge in [-0.2, -0.15) is 0 Å². The Hall–Kier alpha value is -1.62. The maximum Gasteiger partial charge on any atom is 0.255 e. The van der Waals surface area contributed by atoms with Crippen LogP contribution >= 0.6 is 0 Å². The van der Waals surface area contributed by atoms with Gasteiger partial charge in [0, 0.05) is 17.9 Å². The second kappa shape index (κ2) is 6.20. The molecule has 0 bridgehead atoms. The number of amides is 1. The summed E-state index contributed by atoms with van der Waals surface area (Å²) in [5.74, 6) is 5.26. The molecule has 1 aromatic heterocycles. The number of carbonyl (C=O) groups excluding carboxylic acids is 1. The zero-order valence-electron chi connectivity index (χ0n) is 10.6. The molecule has 0 spiro atoms. The first-order valence-electron chi connectivity index (χ1n) is 5.86. The number of carbonyl (C=O) groups is 1. The first-order valence-corrected chi connectivity index (χ1v) is 5.86. The van der Waals surface area contributed by atoms with Crippen molar-refractivity contribution in [2.75, 3.05) is 5.43 Å². The van der Waals surface area contributed by atoms with Crippen LogP contribution in [0.2, 0.25) is 0 Å². The highest BCUT2D eigenvalue weighted by atomic mass is 16.1. The van der Waals surface area contributed by atoms with Gasteiger partial charge < -0.3 is 10.7 Å². The largest absolute Gasteiger partial charge is 0.349 e. The van der Waals surface area contributed by atoms with Crippen molar-refractivity contribution < 1.29 is 4.79 Å². The molecule has 0 unspecified atom stereocenters. The van der Waals surface area contributed by atoms with E-state index in [1.807, 2.05) is 20.8 Å². The fraction of sp³-hybridized carbons (Fsp3) is 0.500. The number of nitrogens with one attached hydrogen (secondary N) is 2. The lowest BCUT2D eigenvalue weighted by molar-refractivity contribution is 0.0935. The Labute approximate surface area is 102 Å². The van der Waals surface area contributed by atoms with Gasteiger partial charge >= 0.3 is 0 Å². The summed E-state index contributed by atoms with van der Waals surface area (Å²) in [6, 6.07) is 1.94. The number of hydrogen-bond donors (Lipinski definition) is 3. The van der Waals surface area contributed by atoms with Gasteiger partial charge in [-0.1, -0.05) is 13.8 Å². The van der Waals surface area contributed by atoms with E-state index in [0.29, 0.717) is 11.3 Å². The summed E-state index contributed by atoms with van der Waals surface area (Å²) >= 11 is 0. The van der Waals surface area contributed by atoms with Crippen LogP contribution in [-0.2, 0) is 0 Å². The van der Waals surface area contributed by atoms with Crippen LogP contribution in [0, 0.1) is 6.92 Å². The van der Waals surface area contributed by atoms with Crippen molar-refractivity contribution in [3.05, 3.63) is 23.5 Å². The highest BCUT2D eigenvalue weighted by molar-refractivity contribution is 5.99. The van der Waals surface area contributed by atoms with E-state index in [1.54, 1.807) is 12.3 Å². The van der Waals surface area contributed by atoms with Crippen molar-refractivity contribution in [1.29, 1.82) is 0 Å². The van der Waals surface area contributed by atoms with Crippen molar-refractivity contribution in [2.45, 2.75) is 39.7 Å². The van der Waals surface area contributed by atoms with Gasteiger partial charge in [0.05, 0.1) is 11.3 Å². The van der Waals surface area contributed by atoms with E-state index in [-0.39, 0.29) is 11.9 Å². The summed E-state index contributed by atoms with van der Waals surface area (Å²) in [5.41, 5.74) is 4.42. The fourth-order valence-corrected chi connectivity index (χ4v) is 1.62. The molecule has 0 aliphatic rings. The molecule has 1 amide bonds. The topological polar surface area (TPSA) is 80.0 Å². The number of nitrogens with two attached hydrogens (primary N) is 1. The average Bonchev–Trinajstić information content (AvgIpc) is 2.35. The van der Waals surface area contributed by atoms with Crippen LogP contribution in [-0.4, -0.2) is 16.9 Å². The van der Waals surface area contributed by atoms with Crippen LogP contribution in [0.5, 0.6) is 0 Å². The number of aryl methyl sites for hydroxylation is 1. The van der Waals surface area contributed by atoms with Crippen molar-refractivity contribution >= 4 is 11.6 Å². The summed E-state index contributed by atoms with van der Waals surface area (Å²) in [7, 11) is 0. The fourth-order valence-electron chi connectivity index (χ4n) is 1.62. The van der Waals surface area contributed by atoms with Gasteiger partial charge in [0.2, 0.25) is 0 Å². The number of hydrogen-bond acceptors (Lipinski definition) is 4. The van der Waals surface area contributed by atoms with E-state index in [0.717, 1.165) is 18.5 Å². The number of anilines is 1.